The van der Waals surface area contributed by atoms with E-state index in [9.17, 15) is 15.0 Å². The predicted octanol–water partition coefficient (Wildman–Crippen LogP) is 2.90. The van der Waals surface area contributed by atoms with Crippen LogP contribution in [0.5, 0.6) is 11.5 Å². The highest BCUT2D eigenvalue weighted by Crippen LogP contribution is 2.21. The molecule has 4 heteroatoms. The van der Waals surface area contributed by atoms with Crippen LogP contribution in [0.2, 0.25) is 0 Å². The molecule has 21 heavy (non-hydrogen) atoms. The van der Waals surface area contributed by atoms with Crippen LogP contribution in [0, 0.1) is 0 Å². The summed E-state index contributed by atoms with van der Waals surface area (Å²) in [5.74, 6) is -0.590. The van der Waals surface area contributed by atoms with Crippen molar-refractivity contribution in [1.82, 2.24) is 0 Å². The van der Waals surface area contributed by atoms with Crippen LogP contribution in [0.4, 0.5) is 0 Å². The Morgan fingerprint density at radius 1 is 1.05 bits per heavy atom. The fraction of sp³-hybridized carbons (Fsp3) is 0.118. The Bertz CT molecular complexity index is 612. The van der Waals surface area contributed by atoms with Gasteiger partial charge >= 0.3 is 5.97 Å². The topological polar surface area (TPSA) is 66.8 Å². The number of hydrogen-bond acceptors (Lipinski definition) is 4. The van der Waals surface area contributed by atoms with Crippen LogP contribution in [-0.2, 0) is 16.0 Å². The largest absolute Gasteiger partial charge is 0.508 e. The SMILES string of the molecule is O=C(/C=C/c1cc(O)cc(O)c1)OCCc1ccccc1. The quantitative estimate of drug-likeness (QED) is 0.654. The molecule has 0 heterocycles. The van der Waals surface area contributed by atoms with Gasteiger partial charge in [-0.2, -0.15) is 0 Å². The van der Waals surface area contributed by atoms with Crippen molar-refractivity contribution in [3.63, 3.8) is 0 Å². The highest BCUT2D eigenvalue weighted by atomic mass is 16.5. The van der Waals surface area contributed by atoms with E-state index in [1.165, 1.54) is 30.4 Å². The Morgan fingerprint density at radius 2 is 1.71 bits per heavy atom. The average Bonchev–Trinajstić information content (AvgIpc) is 2.45. The summed E-state index contributed by atoms with van der Waals surface area (Å²) < 4.78 is 5.08. The molecule has 2 aromatic rings. The average molecular weight is 284 g/mol. The Kier molecular flexibility index (Phi) is 4.99. The smallest absolute Gasteiger partial charge is 0.330 e. The van der Waals surface area contributed by atoms with Gasteiger partial charge in [0.1, 0.15) is 11.5 Å². The minimum atomic E-state index is -0.464. The lowest BCUT2D eigenvalue weighted by molar-refractivity contribution is -0.137. The van der Waals surface area contributed by atoms with E-state index < -0.39 is 5.97 Å². The Labute approximate surface area is 122 Å². The number of aromatic hydroxyl groups is 2. The van der Waals surface area contributed by atoms with Gasteiger partial charge in [-0.3, -0.25) is 0 Å². The number of phenolic OH excluding ortho intramolecular Hbond substituents is 2. The molecule has 0 spiro atoms. The molecule has 0 unspecified atom stereocenters. The molecule has 0 aromatic heterocycles. The van der Waals surface area contributed by atoms with Crippen LogP contribution >= 0.6 is 0 Å². The van der Waals surface area contributed by atoms with Gasteiger partial charge in [-0.05, 0) is 29.3 Å². The van der Waals surface area contributed by atoms with E-state index in [0.29, 0.717) is 18.6 Å². The summed E-state index contributed by atoms with van der Waals surface area (Å²) in [6.07, 6.45) is 3.40. The van der Waals surface area contributed by atoms with E-state index in [-0.39, 0.29) is 11.5 Å². The number of hydrogen-bond donors (Lipinski definition) is 2. The normalized spacial score (nSPS) is 10.7. The minimum Gasteiger partial charge on any atom is -0.508 e. The Morgan fingerprint density at radius 3 is 2.38 bits per heavy atom. The molecular weight excluding hydrogens is 268 g/mol. The maximum absolute atomic E-state index is 11.5. The van der Waals surface area contributed by atoms with Crippen LogP contribution in [0.1, 0.15) is 11.1 Å². The van der Waals surface area contributed by atoms with Crippen molar-refractivity contribution in [2.45, 2.75) is 6.42 Å². The van der Waals surface area contributed by atoms with Crippen molar-refractivity contribution < 1.29 is 19.7 Å². The molecule has 0 aliphatic carbocycles. The molecule has 0 radical (unpaired) electrons. The van der Waals surface area contributed by atoms with Crippen LogP contribution in [0.25, 0.3) is 6.08 Å². The number of esters is 1. The molecule has 2 rings (SSSR count). The third kappa shape index (κ3) is 5.03. The number of carbonyl (C=O) groups excluding carboxylic acids is 1. The van der Waals surface area contributed by atoms with Gasteiger partial charge in [0.25, 0.3) is 0 Å². The molecule has 2 N–H and O–H groups in total. The number of rotatable bonds is 5. The molecule has 4 nitrogen and oxygen atoms in total. The van der Waals surface area contributed by atoms with Gasteiger partial charge in [0, 0.05) is 18.6 Å². The van der Waals surface area contributed by atoms with Gasteiger partial charge in [-0.1, -0.05) is 30.3 Å². The van der Waals surface area contributed by atoms with Crippen molar-refractivity contribution in [2.75, 3.05) is 6.61 Å². The first-order chi connectivity index (χ1) is 10.1. The molecule has 0 amide bonds. The second kappa shape index (κ2) is 7.14. The molecule has 0 fully saturated rings. The van der Waals surface area contributed by atoms with E-state index in [4.69, 9.17) is 4.74 Å². The van der Waals surface area contributed by atoms with Gasteiger partial charge in [-0.25, -0.2) is 4.79 Å². The molecule has 0 aliphatic heterocycles. The predicted molar refractivity (Wildman–Crippen MR) is 79.9 cm³/mol. The summed E-state index contributed by atoms with van der Waals surface area (Å²) in [6.45, 7) is 0.304. The van der Waals surface area contributed by atoms with Gasteiger partial charge in [0.15, 0.2) is 0 Å². The molecule has 0 aliphatic rings. The summed E-state index contributed by atoms with van der Waals surface area (Å²) in [7, 11) is 0. The zero-order valence-electron chi connectivity index (χ0n) is 11.4. The summed E-state index contributed by atoms with van der Waals surface area (Å²) in [5.41, 5.74) is 1.62. The first kappa shape index (κ1) is 14.7. The van der Waals surface area contributed by atoms with E-state index in [1.807, 2.05) is 30.3 Å². The maximum atomic E-state index is 11.5. The second-order valence-electron chi connectivity index (χ2n) is 4.52. The van der Waals surface area contributed by atoms with Crippen molar-refractivity contribution in [1.29, 1.82) is 0 Å². The fourth-order valence-electron chi connectivity index (χ4n) is 1.84. The van der Waals surface area contributed by atoms with E-state index in [0.717, 1.165) is 5.56 Å². The standard InChI is InChI=1S/C17H16O4/c18-15-10-14(11-16(19)12-15)6-7-17(20)21-9-8-13-4-2-1-3-5-13/h1-7,10-12,18-19H,8-9H2/b7-6+. The van der Waals surface area contributed by atoms with Crippen LogP contribution in [-0.4, -0.2) is 22.8 Å². The third-order valence-corrected chi connectivity index (χ3v) is 2.81. The zero-order valence-corrected chi connectivity index (χ0v) is 11.4. The Balaban J connectivity index is 1.82. The van der Waals surface area contributed by atoms with Gasteiger partial charge in [-0.15, -0.1) is 0 Å². The van der Waals surface area contributed by atoms with Gasteiger partial charge in [0.05, 0.1) is 6.61 Å². The lowest BCUT2D eigenvalue weighted by Gasteiger charge is -2.02. The first-order valence-electron chi connectivity index (χ1n) is 6.55. The maximum Gasteiger partial charge on any atom is 0.330 e. The number of phenols is 2. The molecule has 0 saturated carbocycles. The monoisotopic (exact) mass is 284 g/mol. The van der Waals surface area contributed by atoms with Crippen molar-refractivity contribution in [3.05, 3.63) is 65.7 Å². The second-order valence-corrected chi connectivity index (χ2v) is 4.52. The molecular formula is C17H16O4. The fourth-order valence-corrected chi connectivity index (χ4v) is 1.84. The lowest BCUT2D eigenvalue weighted by atomic mass is 10.2. The summed E-state index contributed by atoms with van der Waals surface area (Å²) in [5, 5.41) is 18.6. The van der Waals surface area contributed by atoms with E-state index in [1.54, 1.807) is 0 Å². The number of benzene rings is 2. The number of carbonyl (C=O) groups is 1. The summed E-state index contributed by atoms with van der Waals surface area (Å²) in [6, 6.07) is 13.8. The van der Waals surface area contributed by atoms with Gasteiger partial charge in [0.2, 0.25) is 0 Å². The molecule has 0 bridgehead atoms. The first-order valence-corrected chi connectivity index (χ1v) is 6.55. The minimum absolute atomic E-state index is 0.0629. The third-order valence-electron chi connectivity index (χ3n) is 2.81. The van der Waals surface area contributed by atoms with Crippen LogP contribution < -0.4 is 0 Å². The summed E-state index contributed by atoms with van der Waals surface area (Å²) >= 11 is 0. The zero-order chi connectivity index (χ0) is 15.1. The van der Waals surface area contributed by atoms with Crippen molar-refractivity contribution in [2.24, 2.45) is 0 Å². The molecule has 2 aromatic carbocycles. The van der Waals surface area contributed by atoms with Crippen molar-refractivity contribution >= 4 is 12.0 Å². The summed E-state index contributed by atoms with van der Waals surface area (Å²) in [4.78, 5) is 11.5. The highest BCUT2D eigenvalue weighted by molar-refractivity contribution is 5.87. The Hall–Kier alpha value is -2.75. The van der Waals surface area contributed by atoms with Crippen LogP contribution in [0.3, 0.4) is 0 Å². The van der Waals surface area contributed by atoms with Crippen molar-refractivity contribution in [3.8, 4) is 11.5 Å². The molecule has 0 atom stereocenters. The van der Waals surface area contributed by atoms with E-state index >= 15 is 0 Å². The number of ether oxygens (including phenoxy) is 1. The highest BCUT2D eigenvalue weighted by Gasteiger charge is 2.00. The van der Waals surface area contributed by atoms with E-state index in [2.05, 4.69) is 0 Å². The van der Waals surface area contributed by atoms with Crippen LogP contribution in [0.15, 0.2) is 54.6 Å². The molecule has 108 valence electrons. The van der Waals surface area contributed by atoms with Gasteiger partial charge < -0.3 is 14.9 Å². The lowest BCUT2D eigenvalue weighted by Crippen LogP contribution is -2.04. The molecule has 0 saturated heterocycles.